The molecule has 0 aliphatic carbocycles. The van der Waals surface area contributed by atoms with Crippen LogP contribution in [0.15, 0.2) is 18.2 Å². The molecule has 6 atom stereocenters. The highest BCUT2D eigenvalue weighted by molar-refractivity contribution is 5.69. The molecule has 0 spiro atoms. The van der Waals surface area contributed by atoms with Gasteiger partial charge in [0.15, 0.2) is 18.0 Å². The Balaban J connectivity index is 2.22. The van der Waals surface area contributed by atoms with E-state index in [4.69, 9.17) is 37.9 Å². The van der Waals surface area contributed by atoms with Crippen molar-refractivity contribution in [2.75, 3.05) is 19.7 Å². The standard InChI is InChI=1S/C30H41N3O17/c1-15(34)43-14-23-24(45-16(2)35)25(46-17(3)36)26(47-18(4)37)27(49-23)48-22-9-8-19(10-21(22)33(41)42)13-44-28(39)31-11-20(38)12-32-29(40)50-30(5,6)7/h8-10,20,23-27,38H,11-14H2,1-7H3,(H,31,39)(H,32,40)/t20?,23?,24-,25?,26?,27+/m0/s1. The smallest absolute Gasteiger partial charge is 0.407 e. The van der Waals surface area contributed by atoms with Crippen molar-refractivity contribution in [1.82, 2.24) is 10.6 Å². The van der Waals surface area contributed by atoms with Crippen molar-refractivity contribution in [2.45, 2.75) is 97.5 Å². The first-order valence-electron chi connectivity index (χ1n) is 15.1. The van der Waals surface area contributed by atoms with Gasteiger partial charge in [-0.15, -0.1) is 0 Å². The number of carbonyl (C=O) groups excluding carboxylic acids is 6. The highest BCUT2D eigenvalue weighted by atomic mass is 16.7. The van der Waals surface area contributed by atoms with Crippen molar-refractivity contribution in [1.29, 1.82) is 0 Å². The van der Waals surface area contributed by atoms with E-state index in [2.05, 4.69) is 10.6 Å². The second-order valence-corrected chi connectivity index (χ2v) is 11.7. The number of carbonyl (C=O) groups is 6. The number of rotatable bonds is 14. The summed E-state index contributed by atoms with van der Waals surface area (Å²) < 4.78 is 42.6. The Bertz CT molecular complexity index is 1410. The highest BCUT2D eigenvalue weighted by Gasteiger charge is 2.53. The molecule has 2 amide bonds. The van der Waals surface area contributed by atoms with Gasteiger partial charge in [-0.05, 0) is 32.4 Å². The summed E-state index contributed by atoms with van der Waals surface area (Å²) in [6.07, 6.45) is -10.7. The zero-order chi connectivity index (χ0) is 37.8. The second kappa shape index (κ2) is 18.5. The number of nitro groups is 1. The third-order valence-corrected chi connectivity index (χ3v) is 6.14. The number of benzene rings is 1. The van der Waals surface area contributed by atoms with Crippen LogP contribution in [0.4, 0.5) is 15.3 Å². The van der Waals surface area contributed by atoms with Gasteiger partial charge in [0.2, 0.25) is 12.4 Å². The lowest BCUT2D eigenvalue weighted by molar-refractivity contribution is -0.387. The van der Waals surface area contributed by atoms with Gasteiger partial charge in [-0.25, -0.2) is 9.59 Å². The Hall–Kier alpha value is -5.24. The van der Waals surface area contributed by atoms with Crippen LogP contribution >= 0.6 is 0 Å². The SMILES string of the molecule is CC(=O)OCC1O[C@@H](Oc2ccc(COC(=O)NCC(O)CNC(=O)OC(C)(C)C)cc2[N+](=O)[O-])C(OC(C)=O)C(OC(C)=O)[C@H]1OC(C)=O. The van der Waals surface area contributed by atoms with Gasteiger partial charge in [-0.2, -0.15) is 0 Å². The maximum Gasteiger partial charge on any atom is 0.407 e. The summed E-state index contributed by atoms with van der Waals surface area (Å²) >= 11 is 0. The van der Waals surface area contributed by atoms with Crippen LogP contribution in [0.3, 0.4) is 0 Å². The molecule has 1 aromatic rings. The van der Waals surface area contributed by atoms with Crippen molar-refractivity contribution in [3.8, 4) is 5.75 Å². The molecule has 0 aromatic heterocycles. The second-order valence-electron chi connectivity index (χ2n) is 11.7. The zero-order valence-electron chi connectivity index (χ0n) is 28.5. The van der Waals surface area contributed by atoms with E-state index in [1.165, 1.54) is 6.07 Å². The third-order valence-electron chi connectivity index (χ3n) is 6.14. The molecule has 0 radical (unpaired) electrons. The van der Waals surface area contributed by atoms with Crippen LogP contribution in [0.25, 0.3) is 0 Å². The minimum absolute atomic E-state index is 0.132. The number of hydrogen-bond donors (Lipinski definition) is 3. The molecule has 1 saturated heterocycles. The molecule has 1 heterocycles. The normalized spacial score (nSPS) is 20.6. The molecular formula is C30H41N3O17. The average Bonchev–Trinajstić information content (AvgIpc) is 2.98. The van der Waals surface area contributed by atoms with E-state index in [1.807, 2.05) is 0 Å². The van der Waals surface area contributed by atoms with Crippen molar-refractivity contribution < 1.29 is 76.7 Å². The molecule has 278 valence electrons. The van der Waals surface area contributed by atoms with Gasteiger partial charge < -0.3 is 53.6 Å². The maximum atomic E-state index is 12.2. The number of amides is 2. The monoisotopic (exact) mass is 715 g/mol. The lowest BCUT2D eigenvalue weighted by Gasteiger charge is -2.43. The van der Waals surface area contributed by atoms with E-state index in [9.17, 15) is 44.0 Å². The van der Waals surface area contributed by atoms with Gasteiger partial charge in [-0.3, -0.25) is 29.3 Å². The molecule has 1 aliphatic heterocycles. The maximum absolute atomic E-state index is 12.2. The highest BCUT2D eigenvalue weighted by Crippen LogP contribution is 2.35. The number of alkyl carbamates (subject to hydrolysis) is 2. The minimum atomic E-state index is -1.74. The number of aliphatic hydroxyl groups is 1. The molecule has 1 fully saturated rings. The Labute approximate surface area is 286 Å². The molecule has 1 aromatic carbocycles. The first-order chi connectivity index (χ1) is 23.2. The molecule has 4 unspecified atom stereocenters. The molecule has 50 heavy (non-hydrogen) atoms. The summed E-state index contributed by atoms with van der Waals surface area (Å²) in [5, 5.41) is 26.7. The summed E-state index contributed by atoms with van der Waals surface area (Å²) in [7, 11) is 0. The van der Waals surface area contributed by atoms with Gasteiger partial charge in [-0.1, -0.05) is 6.07 Å². The van der Waals surface area contributed by atoms with Crippen LogP contribution in [0.1, 0.15) is 54.0 Å². The number of ether oxygens (including phenoxy) is 8. The fourth-order valence-electron chi connectivity index (χ4n) is 4.29. The minimum Gasteiger partial charge on any atom is -0.463 e. The molecule has 20 heteroatoms. The Morgan fingerprint density at radius 2 is 1.42 bits per heavy atom. The topological polar surface area (TPSA) is 264 Å². The molecular weight excluding hydrogens is 674 g/mol. The first kappa shape index (κ1) is 40.9. The van der Waals surface area contributed by atoms with Gasteiger partial charge in [0.05, 0.1) is 11.0 Å². The lowest BCUT2D eigenvalue weighted by Crippen LogP contribution is -2.63. The summed E-state index contributed by atoms with van der Waals surface area (Å²) in [6.45, 7) is 7.63. The fraction of sp³-hybridized carbons (Fsp3) is 0.600. The van der Waals surface area contributed by atoms with Crippen LogP contribution in [0, 0.1) is 10.1 Å². The van der Waals surface area contributed by atoms with Crippen molar-refractivity contribution in [3.63, 3.8) is 0 Å². The summed E-state index contributed by atoms with van der Waals surface area (Å²) in [5.41, 5.74) is -1.26. The average molecular weight is 716 g/mol. The van der Waals surface area contributed by atoms with Gasteiger partial charge in [0, 0.05) is 46.9 Å². The predicted octanol–water partition coefficient (Wildman–Crippen LogP) is 1.17. The van der Waals surface area contributed by atoms with Gasteiger partial charge in [0.1, 0.15) is 24.9 Å². The predicted molar refractivity (Wildman–Crippen MR) is 164 cm³/mol. The van der Waals surface area contributed by atoms with Crippen molar-refractivity contribution in [2.24, 2.45) is 0 Å². The fourth-order valence-corrected chi connectivity index (χ4v) is 4.29. The quantitative estimate of drug-likeness (QED) is 0.106. The number of esters is 4. The van der Waals surface area contributed by atoms with Crippen LogP contribution in [0.5, 0.6) is 5.75 Å². The van der Waals surface area contributed by atoms with E-state index in [-0.39, 0.29) is 18.7 Å². The largest absolute Gasteiger partial charge is 0.463 e. The number of nitro benzene ring substituents is 1. The van der Waals surface area contributed by atoms with Crippen LogP contribution < -0.4 is 15.4 Å². The zero-order valence-corrected chi connectivity index (χ0v) is 28.5. The molecule has 0 bridgehead atoms. The van der Waals surface area contributed by atoms with E-state index >= 15 is 0 Å². The molecule has 3 N–H and O–H groups in total. The number of nitrogens with zero attached hydrogens (tertiary/aromatic N) is 1. The Kier molecular flexibility index (Phi) is 15.1. The number of aliphatic hydroxyl groups excluding tert-OH is 1. The first-order valence-corrected chi connectivity index (χ1v) is 15.1. The van der Waals surface area contributed by atoms with Crippen molar-refractivity contribution >= 4 is 41.8 Å². The summed E-state index contributed by atoms with van der Waals surface area (Å²) in [4.78, 5) is 82.7. The number of hydrogen-bond acceptors (Lipinski definition) is 17. The molecule has 0 saturated carbocycles. The Morgan fingerprint density at radius 3 is 1.96 bits per heavy atom. The van der Waals surface area contributed by atoms with E-state index in [0.29, 0.717) is 0 Å². The number of nitrogens with one attached hydrogen (secondary N) is 2. The third kappa shape index (κ3) is 14.1. The molecule has 2 rings (SSSR count). The Morgan fingerprint density at radius 1 is 0.860 bits per heavy atom. The van der Waals surface area contributed by atoms with Crippen molar-refractivity contribution in [3.05, 3.63) is 33.9 Å². The lowest BCUT2D eigenvalue weighted by atomic mass is 9.98. The van der Waals surface area contributed by atoms with E-state index < -0.39 is 108 Å². The van der Waals surface area contributed by atoms with E-state index in [0.717, 1.165) is 39.8 Å². The summed E-state index contributed by atoms with van der Waals surface area (Å²) in [5.74, 6) is -3.81. The van der Waals surface area contributed by atoms with Crippen LogP contribution in [-0.2, 0) is 58.9 Å². The van der Waals surface area contributed by atoms with Gasteiger partial charge in [0.25, 0.3) is 0 Å². The van der Waals surface area contributed by atoms with Crippen LogP contribution in [-0.4, -0.2) is 108 Å². The van der Waals surface area contributed by atoms with Gasteiger partial charge >= 0.3 is 41.8 Å². The molecule has 1 aliphatic rings. The van der Waals surface area contributed by atoms with Crippen LogP contribution in [0.2, 0.25) is 0 Å². The molecule has 20 nitrogen and oxygen atoms in total. The summed E-state index contributed by atoms with van der Waals surface area (Å²) in [6, 6.07) is 3.46. The van der Waals surface area contributed by atoms with E-state index in [1.54, 1.807) is 20.8 Å².